The molecule has 0 aliphatic carbocycles. The van der Waals surface area contributed by atoms with Crippen molar-refractivity contribution in [3.63, 3.8) is 0 Å². The van der Waals surface area contributed by atoms with Crippen molar-refractivity contribution in [2.24, 2.45) is 11.8 Å². The molecule has 1 amide bonds. The van der Waals surface area contributed by atoms with Crippen LogP contribution >= 0.6 is 12.4 Å². The van der Waals surface area contributed by atoms with E-state index in [1.165, 1.54) is 16.7 Å². The topological polar surface area (TPSA) is 23.6 Å². The summed E-state index contributed by atoms with van der Waals surface area (Å²) in [5.74, 6) is 1.02. The van der Waals surface area contributed by atoms with Crippen molar-refractivity contribution in [1.82, 2.24) is 9.80 Å². The number of halogens is 1. The van der Waals surface area contributed by atoms with E-state index in [9.17, 15) is 4.79 Å². The third-order valence-electron chi connectivity index (χ3n) is 6.74. The molecule has 162 valence electrons. The number of nitrogens with zero attached hydrogens (tertiary/aromatic N) is 2. The molecule has 2 aromatic carbocycles. The van der Waals surface area contributed by atoms with E-state index in [1.54, 1.807) is 0 Å². The third kappa shape index (κ3) is 5.07. The average Bonchev–Trinajstić information content (AvgIpc) is 2.77. The van der Waals surface area contributed by atoms with Gasteiger partial charge in [0.25, 0.3) is 0 Å². The zero-order chi connectivity index (χ0) is 20.2. The van der Waals surface area contributed by atoms with Crippen LogP contribution in [0.1, 0.15) is 49.4 Å². The number of fused-ring (bicyclic) bond motifs is 1. The summed E-state index contributed by atoms with van der Waals surface area (Å²) in [5, 5.41) is 0. The second kappa shape index (κ2) is 10.5. The first-order chi connectivity index (χ1) is 14.1. The first-order valence-corrected chi connectivity index (χ1v) is 11.3. The Morgan fingerprint density at radius 2 is 1.63 bits per heavy atom. The lowest BCUT2D eigenvalue weighted by Gasteiger charge is -2.42. The molecule has 0 spiro atoms. The van der Waals surface area contributed by atoms with Gasteiger partial charge in [0.15, 0.2) is 0 Å². The summed E-state index contributed by atoms with van der Waals surface area (Å²) >= 11 is 0. The fourth-order valence-corrected chi connectivity index (χ4v) is 5.13. The van der Waals surface area contributed by atoms with E-state index in [0.717, 1.165) is 51.9 Å². The van der Waals surface area contributed by atoms with Crippen molar-refractivity contribution in [2.75, 3.05) is 26.2 Å². The molecule has 2 aliphatic heterocycles. The molecule has 0 saturated carbocycles. The molecule has 0 radical (unpaired) electrons. The molecule has 0 bridgehead atoms. The van der Waals surface area contributed by atoms with Gasteiger partial charge in [0.1, 0.15) is 0 Å². The predicted molar refractivity (Wildman–Crippen MR) is 126 cm³/mol. The van der Waals surface area contributed by atoms with E-state index < -0.39 is 0 Å². The molecule has 2 aromatic rings. The highest BCUT2D eigenvalue weighted by Crippen LogP contribution is 2.37. The smallest absolute Gasteiger partial charge is 0.226 e. The molecule has 2 heterocycles. The van der Waals surface area contributed by atoms with Crippen LogP contribution in [0.15, 0.2) is 54.6 Å². The SMILES string of the molecule is CC(C)C1c2ccccc2CCN1C(=O)C1CCN(CCc2ccccc2)CC1.Cl. The van der Waals surface area contributed by atoms with E-state index in [4.69, 9.17) is 0 Å². The number of carbonyl (C=O) groups excluding carboxylic acids is 1. The van der Waals surface area contributed by atoms with Gasteiger partial charge in [-0.3, -0.25) is 4.79 Å². The Kier molecular flexibility index (Phi) is 7.96. The van der Waals surface area contributed by atoms with Gasteiger partial charge >= 0.3 is 0 Å². The second-order valence-electron chi connectivity index (χ2n) is 9.02. The molecule has 1 fully saturated rings. The molecule has 1 saturated heterocycles. The first kappa shape index (κ1) is 22.8. The lowest BCUT2D eigenvalue weighted by Crippen LogP contribution is -2.47. The fourth-order valence-electron chi connectivity index (χ4n) is 5.13. The second-order valence-corrected chi connectivity index (χ2v) is 9.02. The molecular formula is C26H35ClN2O. The van der Waals surface area contributed by atoms with Gasteiger partial charge < -0.3 is 9.80 Å². The van der Waals surface area contributed by atoms with Gasteiger partial charge in [-0.1, -0.05) is 68.4 Å². The molecule has 4 rings (SSSR count). The van der Waals surface area contributed by atoms with Crippen LogP contribution < -0.4 is 0 Å². The van der Waals surface area contributed by atoms with Gasteiger partial charge in [-0.25, -0.2) is 0 Å². The van der Waals surface area contributed by atoms with Crippen molar-refractivity contribution < 1.29 is 4.79 Å². The van der Waals surface area contributed by atoms with Gasteiger partial charge in [0.05, 0.1) is 6.04 Å². The van der Waals surface area contributed by atoms with Gasteiger partial charge in [0.2, 0.25) is 5.91 Å². The van der Waals surface area contributed by atoms with E-state index in [1.807, 2.05) is 0 Å². The van der Waals surface area contributed by atoms with Gasteiger partial charge in [-0.2, -0.15) is 0 Å². The zero-order valence-corrected chi connectivity index (χ0v) is 19.1. The van der Waals surface area contributed by atoms with Crippen LogP contribution in [-0.2, 0) is 17.6 Å². The van der Waals surface area contributed by atoms with Gasteiger partial charge in [-0.05, 0) is 61.4 Å². The highest BCUT2D eigenvalue weighted by molar-refractivity contribution is 5.85. The zero-order valence-electron chi connectivity index (χ0n) is 18.3. The molecule has 2 aliphatic rings. The van der Waals surface area contributed by atoms with Crippen molar-refractivity contribution in [2.45, 2.75) is 45.6 Å². The lowest BCUT2D eigenvalue weighted by molar-refractivity contribution is -0.141. The highest BCUT2D eigenvalue weighted by Gasteiger charge is 2.36. The van der Waals surface area contributed by atoms with Crippen LogP contribution in [0.5, 0.6) is 0 Å². The quantitative estimate of drug-likeness (QED) is 0.660. The first-order valence-electron chi connectivity index (χ1n) is 11.3. The molecule has 30 heavy (non-hydrogen) atoms. The standard InChI is InChI=1S/C26H34N2O.ClH/c1-20(2)25-24-11-7-6-10-22(24)15-19-28(25)26(29)23-13-17-27(18-14-23)16-12-21-8-4-3-5-9-21;/h3-11,20,23,25H,12-19H2,1-2H3;1H. The Morgan fingerprint density at radius 1 is 0.967 bits per heavy atom. The van der Waals surface area contributed by atoms with Crippen molar-refractivity contribution in [3.8, 4) is 0 Å². The van der Waals surface area contributed by atoms with Gasteiger partial charge in [0, 0.05) is 19.0 Å². The maximum Gasteiger partial charge on any atom is 0.226 e. The number of hydrogen-bond acceptors (Lipinski definition) is 2. The molecule has 4 heteroatoms. The molecule has 0 aromatic heterocycles. The minimum atomic E-state index is 0. The predicted octanol–water partition coefficient (Wildman–Crippen LogP) is 5.14. The third-order valence-corrected chi connectivity index (χ3v) is 6.74. The van der Waals surface area contributed by atoms with E-state index >= 15 is 0 Å². The Bertz CT molecular complexity index is 815. The molecule has 0 N–H and O–H groups in total. The highest BCUT2D eigenvalue weighted by atomic mass is 35.5. The Balaban J connectivity index is 0.00000256. The minimum absolute atomic E-state index is 0. The largest absolute Gasteiger partial charge is 0.335 e. The Labute approximate surface area is 187 Å². The molecule has 1 unspecified atom stereocenters. The summed E-state index contributed by atoms with van der Waals surface area (Å²) in [6.07, 6.45) is 4.08. The average molecular weight is 427 g/mol. The summed E-state index contributed by atoms with van der Waals surface area (Å²) in [7, 11) is 0. The molecule has 3 nitrogen and oxygen atoms in total. The van der Waals surface area contributed by atoms with Crippen LogP contribution in [0.3, 0.4) is 0 Å². The Hall–Kier alpha value is -1.84. The van der Waals surface area contributed by atoms with Crippen molar-refractivity contribution in [1.29, 1.82) is 0 Å². The van der Waals surface area contributed by atoms with Crippen molar-refractivity contribution >= 4 is 18.3 Å². The summed E-state index contributed by atoms with van der Waals surface area (Å²) in [5.41, 5.74) is 4.19. The van der Waals surface area contributed by atoms with Crippen LogP contribution in [-0.4, -0.2) is 41.9 Å². The maximum atomic E-state index is 13.5. The van der Waals surface area contributed by atoms with Crippen LogP contribution in [0.4, 0.5) is 0 Å². The number of carbonyl (C=O) groups is 1. The normalized spacial score (nSPS) is 20.0. The fraction of sp³-hybridized carbons (Fsp3) is 0.500. The number of rotatable bonds is 5. The summed E-state index contributed by atoms with van der Waals surface area (Å²) in [6, 6.07) is 19.6. The maximum absolute atomic E-state index is 13.5. The van der Waals surface area contributed by atoms with Crippen LogP contribution in [0, 0.1) is 11.8 Å². The number of benzene rings is 2. The number of hydrogen-bond donors (Lipinski definition) is 0. The van der Waals surface area contributed by atoms with E-state index in [-0.39, 0.29) is 24.4 Å². The summed E-state index contributed by atoms with van der Waals surface area (Å²) in [6.45, 7) is 8.54. The van der Waals surface area contributed by atoms with Crippen molar-refractivity contribution in [3.05, 3.63) is 71.3 Å². The molecule has 1 atom stereocenters. The summed E-state index contributed by atoms with van der Waals surface area (Å²) < 4.78 is 0. The van der Waals surface area contributed by atoms with E-state index in [0.29, 0.717) is 11.8 Å². The Morgan fingerprint density at radius 3 is 2.33 bits per heavy atom. The van der Waals surface area contributed by atoms with Gasteiger partial charge in [-0.15, -0.1) is 12.4 Å². The summed E-state index contributed by atoms with van der Waals surface area (Å²) in [4.78, 5) is 18.2. The number of likely N-dealkylation sites (tertiary alicyclic amines) is 1. The van der Waals surface area contributed by atoms with E-state index in [2.05, 4.69) is 78.2 Å². The van der Waals surface area contributed by atoms with Crippen LogP contribution in [0.25, 0.3) is 0 Å². The van der Waals surface area contributed by atoms with Crippen LogP contribution in [0.2, 0.25) is 0 Å². The molecular weight excluding hydrogens is 392 g/mol. The monoisotopic (exact) mass is 426 g/mol. The number of amides is 1. The number of piperidine rings is 1. The lowest BCUT2D eigenvalue weighted by atomic mass is 9.84. The minimum Gasteiger partial charge on any atom is -0.335 e.